The highest BCUT2D eigenvalue weighted by atomic mass is 16.5. The van der Waals surface area contributed by atoms with Crippen molar-refractivity contribution in [2.24, 2.45) is 5.73 Å². The largest absolute Gasteiger partial charge is 0.385 e. The van der Waals surface area contributed by atoms with Crippen molar-refractivity contribution in [1.29, 1.82) is 0 Å². The van der Waals surface area contributed by atoms with Gasteiger partial charge in [0.25, 0.3) is 0 Å². The van der Waals surface area contributed by atoms with Crippen molar-refractivity contribution in [2.45, 2.75) is 38.1 Å². The summed E-state index contributed by atoms with van der Waals surface area (Å²) in [6, 6.07) is -0.445. The number of nitrogens with zero attached hydrogens (tertiary/aromatic N) is 1. The zero-order chi connectivity index (χ0) is 13.2. The third kappa shape index (κ3) is 6.33. The smallest absolute Gasteiger partial charge is 0.237 e. The molecule has 1 heterocycles. The summed E-state index contributed by atoms with van der Waals surface area (Å²) in [6.45, 7) is 4.74. The molecule has 0 spiro atoms. The van der Waals surface area contributed by atoms with Crippen LogP contribution in [-0.2, 0) is 9.53 Å². The van der Waals surface area contributed by atoms with Gasteiger partial charge in [-0.15, -0.1) is 0 Å². The van der Waals surface area contributed by atoms with Gasteiger partial charge in [-0.1, -0.05) is 6.42 Å². The maximum absolute atomic E-state index is 11.6. The fourth-order valence-electron chi connectivity index (χ4n) is 2.20. The Morgan fingerprint density at radius 1 is 1.39 bits per heavy atom. The van der Waals surface area contributed by atoms with E-state index in [4.69, 9.17) is 10.5 Å². The number of ether oxygens (including phenoxy) is 1. The van der Waals surface area contributed by atoms with Crippen LogP contribution in [0.25, 0.3) is 0 Å². The van der Waals surface area contributed by atoms with E-state index >= 15 is 0 Å². The highest BCUT2D eigenvalue weighted by Crippen LogP contribution is 2.08. The van der Waals surface area contributed by atoms with Crippen LogP contribution in [0.1, 0.15) is 32.1 Å². The summed E-state index contributed by atoms with van der Waals surface area (Å²) >= 11 is 0. The molecular weight excluding hydrogens is 230 g/mol. The Labute approximate surface area is 110 Å². The summed E-state index contributed by atoms with van der Waals surface area (Å²) in [4.78, 5) is 14.1. The van der Waals surface area contributed by atoms with Crippen molar-refractivity contribution >= 4 is 5.91 Å². The van der Waals surface area contributed by atoms with E-state index in [0.717, 1.165) is 19.5 Å². The number of rotatable bonds is 8. The number of hydrogen-bond donors (Lipinski definition) is 2. The van der Waals surface area contributed by atoms with E-state index in [9.17, 15) is 4.79 Å². The van der Waals surface area contributed by atoms with E-state index in [1.165, 1.54) is 32.4 Å². The summed E-state index contributed by atoms with van der Waals surface area (Å²) < 4.78 is 4.90. The number of likely N-dealkylation sites (tertiary alicyclic amines) is 1. The first-order chi connectivity index (χ1) is 8.74. The molecule has 1 aliphatic rings. The van der Waals surface area contributed by atoms with Gasteiger partial charge in [-0.05, 0) is 45.3 Å². The first-order valence-corrected chi connectivity index (χ1v) is 6.98. The van der Waals surface area contributed by atoms with Crippen LogP contribution in [0.2, 0.25) is 0 Å². The van der Waals surface area contributed by atoms with Crippen LogP contribution >= 0.6 is 0 Å². The maximum Gasteiger partial charge on any atom is 0.237 e. The van der Waals surface area contributed by atoms with Crippen molar-refractivity contribution < 1.29 is 9.53 Å². The lowest BCUT2D eigenvalue weighted by Crippen LogP contribution is -2.42. The first kappa shape index (κ1) is 15.4. The van der Waals surface area contributed by atoms with E-state index in [1.54, 1.807) is 7.11 Å². The standard InChI is InChI=1S/C13H27N3O2/c1-18-11-6-12(14)13(17)15-7-5-10-16-8-3-2-4-9-16/h12H,2-11,14H2,1H3,(H,15,17). The van der Waals surface area contributed by atoms with Crippen LogP contribution in [0.5, 0.6) is 0 Å². The molecule has 1 rings (SSSR count). The van der Waals surface area contributed by atoms with E-state index in [1.807, 2.05) is 0 Å². The van der Waals surface area contributed by atoms with Gasteiger partial charge in [0, 0.05) is 20.3 Å². The molecule has 1 fully saturated rings. The molecule has 0 bridgehead atoms. The number of nitrogens with one attached hydrogen (secondary N) is 1. The van der Waals surface area contributed by atoms with Gasteiger partial charge in [-0.2, -0.15) is 0 Å². The van der Waals surface area contributed by atoms with Crippen molar-refractivity contribution in [1.82, 2.24) is 10.2 Å². The summed E-state index contributed by atoms with van der Waals surface area (Å²) in [7, 11) is 1.61. The van der Waals surface area contributed by atoms with Crippen molar-refractivity contribution in [3.05, 3.63) is 0 Å². The van der Waals surface area contributed by atoms with Gasteiger partial charge in [0.05, 0.1) is 6.04 Å². The molecular formula is C13H27N3O2. The first-order valence-electron chi connectivity index (χ1n) is 6.98. The van der Waals surface area contributed by atoms with E-state index in [-0.39, 0.29) is 5.91 Å². The van der Waals surface area contributed by atoms with Gasteiger partial charge in [-0.3, -0.25) is 4.79 Å². The molecule has 106 valence electrons. The predicted molar refractivity (Wildman–Crippen MR) is 72.4 cm³/mol. The molecule has 1 aliphatic heterocycles. The van der Waals surface area contributed by atoms with Crippen molar-refractivity contribution in [2.75, 3.05) is 39.9 Å². The predicted octanol–water partition coefficient (Wildman–Crippen LogP) is 0.342. The minimum atomic E-state index is -0.445. The SMILES string of the molecule is COCCC(N)C(=O)NCCCN1CCCCC1. The molecule has 5 heteroatoms. The summed E-state index contributed by atoms with van der Waals surface area (Å²) in [5.41, 5.74) is 5.73. The van der Waals surface area contributed by atoms with Crippen LogP contribution in [0, 0.1) is 0 Å². The monoisotopic (exact) mass is 257 g/mol. The summed E-state index contributed by atoms with van der Waals surface area (Å²) in [5, 5.41) is 2.88. The van der Waals surface area contributed by atoms with Gasteiger partial charge < -0.3 is 20.7 Å². The number of carbonyl (C=O) groups excluding carboxylic acids is 1. The van der Waals surface area contributed by atoms with Gasteiger partial charge in [0.1, 0.15) is 0 Å². The number of carbonyl (C=O) groups is 1. The van der Waals surface area contributed by atoms with Gasteiger partial charge >= 0.3 is 0 Å². The van der Waals surface area contributed by atoms with Crippen LogP contribution < -0.4 is 11.1 Å². The highest BCUT2D eigenvalue weighted by molar-refractivity contribution is 5.81. The molecule has 3 N–H and O–H groups in total. The second-order valence-corrected chi connectivity index (χ2v) is 4.93. The Bertz CT molecular complexity index is 230. The van der Waals surface area contributed by atoms with Crippen LogP contribution in [-0.4, -0.2) is 56.7 Å². The topological polar surface area (TPSA) is 67.6 Å². The molecule has 0 aromatic rings. The summed E-state index contributed by atoms with van der Waals surface area (Å²) in [5.74, 6) is -0.0642. The average Bonchev–Trinajstić information content (AvgIpc) is 2.41. The molecule has 0 saturated carbocycles. The lowest BCUT2D eigenvalue weighted by molar-refractivity contribution is -0.122. The third-order valence-electron chi connectivity index (χ3n) is 3.37. The Morgan fingerprint density at radius 2 is 2.11 bits per heavy atom. The quantitative estimate of drug-likeness (QED) is 0.615. The normalized spacial score (nSPS) is 18.6. The molecule has 5 nitrogen and oxygen atoms in total. The zero-order valence-electron chi connectivity index (χ0n) is 11.5. The third-order valence-corrected chi connectivity index (χ3v) is 3.37. The molecule has 1 unspecified atom stereocenters. The lowest BCUT2D eigenvalue weighted by Gasteiger charge is -2.26. The second kappa shape index (κ2) is 9.30. The highest BCUT2D eigenvalue weighted by Gasteiger charge is 2.13. The number of hydrogen-bond acceptors (Lipinski definition) is 4. The van der Waals surface area contributed by atoms with E-state index in [2.05, 4.69) is 10.2 Å². The fourth-order valence-corrected chi connectivity index (χ4v) is 2.20. The van der Waals surface area contributed by atoms with Gasteiger partial charge in [0.15, 0.2) is 0 Å². The molecule has 1 atom stereocenters. The van der Waals surface area contributed by atoms with E-state index < -0.39 is 6.04 Å². The molecule has 1 saturated heterocycles. The zero-order valence-corrected chi connectivity index (χ0v) is 11.5. The number of nitrogens with two attached hydrogens (primary N) is 1. The van der Waals surface area contributed by atoms with Crippen molar-refractivity contribution in [3.8, 4) is 0 Å². The minimum Gasteiger partial charge on any atom is -0.385 e. The van der Waals surface area contributed by atoms with Crippen molar-refractivity contribution in [3.63, 3.8) is 0 Å². The molecule has 18 heavy (non-hydrogen) atoms. The number of piperidine rings is 1. The molecule has 0 aliphatic carbocycles. The Balaban J connectivity index is 2.00. The molecule has 0 aromatic heterocycles. The fraction of sp³-hybridized carbons (Fsp3) is 0.923. The van der Waals surface area contributed by atoms with Gasteiger partial charge in [-0.25, -0.2) is 0 Å². The molecule has 1 amide bonds. The Hall–Kier alpha value is -0.650. The lowest BCUT2D eigenvalue weighted by atomic mass is 10.1. The molecule has 0 radical (unpaired) electrons. The maximum atomic E-state index is 11.6. The average molecular weight is 257 g/mol. The minimum absolute atomic E-state index is 0.0642. The number of methoxy groups -OCH3 is 1. The van der Waals surface area contributed by atoms with Crippen LogP contribution in [0.15, 0.2) is 0 Å². The number of amides is 1. The Kier molecular flexibility index (Phi) is 7.96. The molecule has 0 aromatic carbocycles. The van der Waals surface area contributed by atoms with Gasteiger partial charge in [0.2, 0.25) is 5.91 Å². The van der Waals surface area contributed by atoms with Crippen LogP contribution in [0.3, 0.4) is 0 Å². The van der Waals surface area contributed by atoms with Crippen LogP contribution in [0.4, 0.5) is 0 Å². The van der Waals surface area contributed by atoms with E-state index in [0.29, 0.717) is 13.0 Å². The summed E-state index contributed by atoms with van der Waals surface area (Å²) in [6.07, 6.45) is 5.57. The second-order valence-electron chi connectivity index (χ2n) is 4.93. The Morgan fingerprint density at radius 3 is 2.78 bits per heavy atom.